The van der Waals surface area contributed by atoms with Crippen molar-refractivity contribution in [3.05, 3.63) is 70.5 Å². The highest BCUT2D eigenvalue weighted by atomic mass is 35.5. The Kier molecular flexibility index (Phi) is 8.47. The summed E-state index contributed by atoms with van der Waals surface area (Å²) in [5.41, 5.74) is 1.50. The van der Waals surface area contributed by atoms with Gasteiger partial charge in [-0.05, 0) is 48.6 Å². The first-order chi connectivity index (χ1) is 15.0. The summed E-state index contributed by atoms with van der Waals surface area (Å²) in [6.45, 7) is 2.14. The first-order valence-electron chi connectivity index (χ1n) is 11.1. The molecule has 0 radical (unpaired) electrons. The molecular formula is C25H30ClFN2O2. The molecule has 1 aliphatic carbocycles. The van der Waals surface area contributed by atoms with Crippen molar-refractivity contribution in [2.24, 2.45) is 0 Å². The highest BCUT2D eigenvalue weighted by Crippen LogP contribution is 2.21. The first kappa shape index (κ1) is 23.3. The van der Waals surface area contributed by atoms with Gasteiger partial charge in [-0.15, -0.1) is 0 Å². The van der Waals surface area contributed by atoms with Crippen molar-refractivity contribution in [3.8, 4) is 0 Å². The van der Waals surface area contributed by atoms with E-state index in [1.54, 1.807) is 23.1 Å². The van der Waals surface area contributed by atoms with Crippen LogP contribution in [0.25, 0.3) is 0 Å². The normalized spacial score (nSPS) is 15.3. The Morgan fingerprint density at radius 3 is 2.42 bits per heavy atom. The molecule has 2 amide bonds. The molecule has 166 valence electrons. The Morgan fingerprint density at radius 1 is 1.10 bits per heavy atom. The van der Waals surface area contributed by atoms with Gasteiger partial charge in [-0.1, -0.05) is 68.1 Å². The lowest BCUT2D eigenvalue weighted by atomic mass is 9.95. The minimum absolute atomic E-state index is 0.105. The number of nitrogens with one attached hydrogen (secondary N) is 1. The van der Waals surface area contributed by atoms with E-state index in [2.05, 4.69) is 5.32 Å². The van der Waals surface area contributed by atoms with E-state index in [0.29, 0.717) is 11.4 Å². The number of hydrogen-bond donors (Lipinski definition) is 1. The van der Waals surface area contributed by atoms with Crippen molar-refractivity contribution >= 4 is 23.4 Å². The van der Waals surface area contributed by atoms with Gasteiger partial charge in [-0.25, -0.2) is 4.39 Å². The molecule has 1 N–H and O–H groups in total. The maximum Gasteiger partial charge on any atom is 0.243 e. The lowest BCUT2D eigenvalue weighted by molar-refractivity contribution is -0.141. The maximum atomic E-state index is 13.4. The van der Waals surface area contributed by atoms with Crippen LogP contribution in [0.1, 0.15) is 56.6 Å². The Labute approximate surface area is 188 Å². The third-order valence-corrected chi connectivity index (χ3v) is 6.27. The number of hydrogen-bond acceptors (Lipinski definition) is 2. The van der Waals surface area contributed by atoms with Crippen molar-refractivity contribution in [2.75, 3.05) is 0 Å². The third-order valence-electron chi connectivity index (χ3n) is 5.90. The van der Waals surface area contributed by atoms with Crippen LogP contribution < -0.4 is 5.32 Å². The van der Waals surface area contributed by atoms with Gasteiger partial charge in [0.25, 0.3) is 0 Å². The van der Waals surface area contributed by atoms with Crippen LogP contribution in [0.2, 0.25) is 5.02 Å². The molecular weight excluding hydrogens is 415 g/mol. The van der Waals surface area contributed by atoms with Crippen LogP contribution in [0, 0.1) is 5.82 Å². The monoisotopic (exact) mass is 444 g/mol. The molecule has 0 aromatic heterocycles. The largest absolute Gasteiger partial charge is 0.352 e. The SMILES string of the molecule is CCC(C(=O)NC1CCCCC1)N(Cc1ccc(F)cc1)C(=O)Cc1ccccc1Cl. The fourth-order valence-electron chi connectivity index (χ4n) is 4.16. The summed E-state index contributed by atoms with van der Waals surface area (Å²) in [6.07, 6.45) is 6.00. The first-order valence-corrected chi connectivity index (χ1v) is 11.4. The minimum atomic E-state index is -0.595. The van der Waals surface area contributed by atoms with Crippen LogP contribution in [0.3, 0.4) is 0 Å². The van der Waals surface area contributed by atoms with Gasteiger partial charge < -0.3 is 10.2 Å². The molecule has 1 aliphatic rings. The fourth-order valence-corrected chi connectivity index (χ4v) is 4.36. The quantitative estimate of drug-likeness (QED) is 0.602. The Balaban J connectivity index is 1.81. The summed E-state index contributed by atoms with van der Waals surface area (Å²) < 4.78 is 13.4. The smallest absolute Gasteiger partial charge is 0.243 e. The van der Waals surface area contributed by atoms with Gasteiger partial charge in [0.2, 0.25) is 11.8 Å². The Morgan fingerprint density at radius 2 is 1.77 bits per heavy atom. The van der Waals surface area contributed by atoms with Gasteiger partial charge in [0, 0.05) is 17.6 Å². The molecule has 0 heterocycles. The van der Waals surface area contributed by atoms with E-state index in [9.17, 15) is 14.0 Å². The van der Waals surface area contributed by atoms with Crippen LogP contribution in [-0.2, 0) is 22.6 Å². The second-order valence-electron chi connectivity index (χ2n) is 8.18. The molecule has 0 aliphatic heterocycles. The summed E-state index contributed by atoms with van der Waals surface area (Å²) in [4.78, 5) is 28.1. The standard InChI is InChI=1S/C25H30ClFN2O2/c1-2-23(25(31)28-21-9-4-3-5-10-21)29(17-18-12-14-20(27)15-13-18)24(30)16-19-8-6-7-11-22(19)26/h6-8,11-15,21,23H,2-5,9-10,16-17H2,1H3,(H,28,31). The fraction of sp³-hybridized carbons (Fsp3) is 0.440. The lowest BCUT2D eigenvalue weighted by Crippen LogP contribution is -2.52. The molecule has 2 aromatic rings. The van der Waals surface area contributed by atoms with Gasteiger partial charge in [0.05, 0.1) is 6.42 Å². The second-order valence-corrected chi connectivity index (χ2v) is 8.59. The zero-order chi connectivity index (χ0) is 22.2. The zero-order valence-electron chi connectivity index (χ0n) is 17.9. The highest BCUT2D eigenvalue weighted by Gasteiger charge is 2.30. The molecule has 0 spiro atoms. The van der Waals surface area contributed by atoms with Crippen molar-refractivity contribution < 1.29 is 14.0 Å². The average molecular weight is 445 g/mol. The number of amides is 2. The molecule has 3 rings (SSSR count). The van der Waals surface area contributed by atoms with Gasteiger partial charge in [0.15, 0.2) is 0 Å². The second kappa shape index (κ2) is 11.3. The maximum absolute atomic E-state index is 13.4. The van der Waals surface area contributed by atoms with Crippen LogP contribution in [0.15, 0.2) is 48.5 Å². The van der Waals surface area contributed by atoms with E-state index in [1.807, 2.05) is 25.1 Å². The average Bonchev–Trinajstić information content (AvgIpc) is 2.77. The minimum Gasteiger partial charge on any atom is -0.352 e. The number of halogens is 2. The van der Waals surface area contributed by atoms with Crippen LogP contribution in [-0.4, -0.2) is 28.8 Å². The summed E-state index contributed by atoms with van der Waals surface area (Å²) in [7, 11) is 0. The molecule has 2 aromatic carbocycles. The number of nitrogens with zero attached hydrogens (tertiary/aromatic N) is 1. The van der Waals surface area contributed by atoms with Crippen LogP contribution in [0.4, 0.5) is 4.39 Å². The van der Waals surface area contributed by atoms with Gasteiger partial charge in [-0.3, -0.25) is 9.59 Å². The Hall–Kier alpha value is -2.40. The van der Waals surface area contributed by atoms with Crippen molar-refractivity contribution in [1.29, 1.82) is 0 Å². The number of carbonyl (C=O) groups excluding carboxylic acids is 2. The Bertz CT molecular complexity index is 881. The molecule has 1 atom stereocenters. The van der Waals surface area contributed by atoms with E-state index < -0.39 is 6.04 Å². The van der Waals surface area contributed by atoms with Crippen molar-refractivity contribution in [3.63, 3.8) is 0 Å². The molecule has 1 saturated carbocycles. The third kappa shape index (κ3) is 6.54. The van der Waals surface area contributed by atoms with Crippen LogP contribution in [0.5, 0.6) is 0 Å². The number of rotatable bonds is 8. The van der Waals surface area contributed by atoms with Gasteiger partial charge >= 0.3 is 0 Å². The van der Waals surface area contributed by atoms with Crippen LogP contribution >= 0.6 is 11.6 Å². The van der Waals surface area contributed by atoms with E-state index >= 15 is 0 Å². The molecule has 4 nitrogen and oxygen atoms in total. The van der Waals surface area contributed by atoms with Gasteiger partial charge in [-0.2, -0.15) is 0 Å². The van der Waals surface area contributed by atoms with E-state index in [-0.39, 0.29) is 36.6 Å². The lowest BCUT2D eigenvalue weighted by Gasteiger charge is -2.33. The van der Waals surface area contributed by atoms with Crippen molar-refractivity contribution in [1.82, 2.24) is 10.2 Å². The van der Waals surface area contributed by atoms with E-state index in [0.717, 1.165) is 36.8 Å². The van der Waals surface area contributed by atoms with E-state index in [1.165, 1.54) is 18.6 Å². The highest BCUT2D eigenvalue weighted by molar-refractivity contribution is 6.31. The number of benzene rings is 2. The predicted octanol–water partition coefficient (Wildman–Crippen LogP) is 5.28. The summed E-state index contributed by atoms with van der Waals surface area (Å²) in [5.74, 6) is -0.633. The molecule has 0 saturated heterocycles. The van der Waals surface area contributed by atoms with Gasteiger partial charge in [0.1, 0.15) is 11.9 Å². The van der Waals surface area contributed by atoms with Crippen molar-refractivity contribution in [2.45, 2.75) is 70.5 Å². The zero-order valence-corrected chi connectivity index (χ0v) is 18.7. The van der Waals surface area contributed by atoms with E-state index in [4.69, 9.17) is 11.6 Å². The topological polar surface area (TPSA) is 49.4 Å². The molecule has 1 unspecified atom stereocenters. The predicted molar refractivity (Wildman–Crippen MR) is 121 cm³/mol. The molecule has 1 fully saturated rings. The molecule has 0 bridgehead atoms. The summed E-state index contributed by atoms with van der Waals surface area (Å²) in [5, 5.41) is 3.68. The summed E-state index contributed by atoms with van der Waals surface area (Å²) in [6, 6.07) is 12.8. The molecule has 6 heteroatoms. The summed E-state index contributed by atoms with van der Waals surface area (Å²) >= 11 is 6.26. The number of carbonyl (C=O) groups is 2. The molecule has 31 heavy (non-hydrogen) atoms.